The van der Waals surface area contributed by atoms with Crippen LogP contribution in [-0.4, -0.2) is 39.2 Å². The highest BCUT2D eigenvalue weighted by molar-refractivity contribution is 7.90. The maximum Gasteiger partial charge on any atom is 0.338 e. The lowest BCUT2D eigenvalue weighted by molar-refractivity contribution is -0.129. The Morgan fingerprint density at radius 1 is 1.24 bits per heavy atom. The second kappa shape index (κ2) is 7.21. The van der Waals surface area contributed by atoms with E-state index in [9.17, 15) is 18.0 Å². The molecule has 116 valence electrons. The third kappa shape index (κ3) is 5.18. The van der Waals surface area contributed by atoms with Crippen molar-refractivity contribution in [1.29, 1.82) is 0 Å². The van der Waals surface area contributed by atoms with Crippen molar-refractivity contribution in [3.8, 4) is 0 Å². The number of carbonyl (C=O) groups excluding carboxylic acids is 2. The lowest BCUT2D eigenvalue weighted by Crippen LogP contribution is -2.36. The fourth-order valence-electron chi connectivity index (χ4n) is 1.51. The quantitative estimate of drug-likeness (QED) is 0.796. The third-order valence-electron chi connectivity index (χ3n) is 2.72. The van der Waals surface area contributed by atoms with Crippen molar-refractivity contribution in [2.75, 3.05) is 12.8 Å². The van der Waals surface area contributed by atoms with Crippen LogP contribution >= 0.6 is 0 Å². The van der Waals surface area contributed by atoms with E-state index < -0.39 is 21.9 Å². The van der Waals surface area contributed by atoms with E-state index in [1.807, 2.05) is 6.92 Å². The minimum Gasteiger partial charge on any atom is -0.449 e. The molecular weight excluding hydrogens is 294 g/mol. The van der Waals surface area contributed by atoms with Gasteiger partial charge in [0.2, 0.25) is 0 Å². The first-order valence-corrected chi connectivity index (χ1v) is 8.43. The Morgan fingerprint density at radius 3 is 2.29 bits per heavy atom. The first-order chi connectivity index (χ1) is 9.75. The molecular formula is C14H19NO5S. The summed E-state index contributed by atoms with van der Waals surface area (Å²) in [5.41, 5.74) is 0.192. The zero-order chi connectivity index (χ0) is 16.0. The molecule has 1 rings (SSSR count). The van der Waals surface area contributed by atoms with Crippen molar-refractivity contribution < 1.29 is 22.7 Å². The van der Waals surface area contributed by atoms with Gasteiger partial charge in [-0.05, 0) is 37.6 Å². The fourth-order valence-corrected chi connectivity index (χ4v) is 2.14. The van der Waals surface area contributed by atoms with Crippen LogP contribution in [0.3, 0.4) is 0 Å². The van der Waals surface area contributed by atoms with Gasteiger partial charge >= 0.3 is 5.97 Å². The number of sulfone groups is 1. The highest BCUT2D eigenvalue weighted by Gasteiger charge is 2.18. The number of hydrogen-bond donors (Lipinski definition) is 1. The predicted molar refractivity (Wildman–Crippen MR) is 77.7 cm³/mol. The highest BCUT2D eigenvalue weighted by Crippen LogP contribution is 2.11. The number of nitrogens with one attached hydrogen (secondary N) is 1. The first kappa shape index (κ1) is 17.2. The van der Waals surface area contributed by atoms with Crippen LogP contribution < -0.4 is 5.32 Å². The second-order valence-electron chi connectivity index (χ2n) is 4.64. The van der Waals surface area contributed by atoms with Gasteiger partial charge in [-0.25, -0.2) is 13.2 Å². The van der Waals surface area contributed by atoms with E-state index in [4.69, 9.17) is 4.74 Å². The monoisotopic (exact) mass is 313 g/mol. The Bertz CT molecular complexity index is 607. The third-order valence-corrected chi connectivity index (χ3v) is 3.85. The first-order valence-electron chi connectivity index (χ1n) is 6.54. The molecule has 0 unspecified atom stereocenters. The maximum atomic E-state index is 11.8. The number of rotatable bonds is 6. The van der Waals surface area contributed by atoms with Gasteiger partial charge < -0.3 is 10.1 Å². The normalized spacial score (nSPS) is 12.5. The molecule has 0 aliphatic heterocycles. The van der Waals surface area contributed by atoms with Gasteiger partial charge in [-0.15, -0.1) is 0 Å². The van der Waals surface area contributed by atoms with Gasteiger partial charge in [0, 0.05) is 12.8 Å². The molecule has 0 heterocycles. The van der Waals surface area contributed by atoms with E-state index in [0.29, 0.717) is 6.54 Å². The summed E-state index contributed by atoms with van der Waals surface area (Å²) in [5.74, 6) is -1.04. The molecule has 1 aromatic carbocycles. The largest absolute Gasteiger partial charge is 0.449 e. The summed E-state index contributed by atoms with van der Waals surface area (Å²) in [7, 11) is -3.31. The molecule has 0 aliphatic carbocycles. The van der Waals surface area contributed by atoms with Gasteiger partial charge in [0.15, 0.2) is 15.9 Å². The number of esters is 1. The molecule has 6 nitrogen and oxygen atoms in total. The van der Waals surface area contributed by atoms with Crippen molar-refractivity contribution in [2.24, 2.45) is 0 Å². The molecule has 0 bridgehead atoms. The molecule has 0 radical (unpaired) electrons. The molecule has 1 atom stereocenters. The Morgan fingerprint density at radius 2 is 1.81 bits per heavy atom. The Kier molecular flexibility index (Phi) is 5.90. The molecule has 21 heavy (non-hydrogen) atoms. The molecule has 0 aliphatic rings. The number of carbonyl (C=O) groups is 2. The van der Waals surface area contributed by atoms with Crippen molar-refractivity contribution in [2.45, 2.75) is 31.3 Å². The smallest absolute Gasteiger partial charge is 0.338 e. The topological polar surface area (TPSA) is 89.5 Å². The number of benzene rings is 1. The van der Waals surface area contributed by atoms with E-state index in [-0.39, 0.29) is 16.4 Å². The van der Waals surface area contributed by atoms with Crippen LogP contribution in [-0.2, 0) is 19.4 Å². The van der Waals surface area contributed by atoms with Crippen LogP contribution in [0.1, 0.15) is 30.6 Å². The molecule has 7 heteroatoms. The predicted octanol–water partition coefficient (Wildman–Crippen LogP) is 1.16. The van der Waals surface area contributed by atoms with Crippen LogP contribution in [0.4, 0.5) is 0 Å². The van der Waals surface area contributed by atoms with E-state index in [0.717, 1.165) is 12.7 Å². The maximum absolute atomic E-state index is 11.8. The minimum atomic E-state index is -3.31. The molecule has 0 saturated carbocycles. The van der Waals surface area contributed by atoms with Crippen LogP contribution in [0.25, 0.3) is 0 Å². The van der Waals surface area contributed by atoms with Gasteiger partial charge in [-0.2, -0.15) is 0 Å². The molecule has 0 fully saturated rings. The summed E-state index contributed by atoms with van der Waals surface area (Å²) in [6, 6.07) is 5.37. The summed E-state index contributed by atoms with van der Waals surface area (Å²) >= 11 is 0. The summed E-state index contributed by atoms with van der Waals surface area (Å²) in [6.07, 6.45) is 0.971. The van der Waals surface area contributed by atoms with Crippen LogP contribution in [0.2, 0.25) is 0 Å². The zero-order valence-electron chi connectivity index (χ0n) is 12.3. The molecule has 0 aromatic heterocycles. The highest BCUT2D eigenvalue weighted by atomic mass is 32.2. The van der Waals surface area contributed by atoms with Crippen molar-refractivity contribution in [3.05, 3.63) is 29.8 Å². The van der Waals surface area contributed by atoms with Crippen molar-refractivity contribution >= 4 is 21.7 Å². The average molecular weight is 313 g/mol. The molecule has 1 amide bonds. The standard InChI is InChI=1S/C14H19NO5S/c1-4-9-15-13(16)10(2)20-14(17)11-5-7-12(8-6-11)21(3,18)19/h5-8,10H,4,9H2,1-3H3,(H,15,16)/t10-/m0/s1. The lowest BCUT2D eigenvalue weighted by atomic mass is 10.2. The summed E-state index contributed by atoms with van der Waals surface area (Å²) < 4.78 is 27.6. The van der Waals surface area contributed by atoms with E-state index in [1.54, 1.807) is 0 Å². The zero-order valence-corrected chi connectivity index (χ0v) is 13.1. The summed E-state index contributed by atoms with van der Waals surface area (Å²) in [5, 5.41) is 2.62. The van der Waals surface area contributed by atoms with Gasteiger partial charge in [-0.3, -0.25) is 4.79 Å². The van der Waals surface area contributed by atoms with E-state index in [2.05, 4.69) is 5.32 Å². The van der Waals surface area contributed by atoms with E-state index in [1.165, 1.54) is 31.2 Å². The van der Waals surface area contributed by atoms with E-state index >= 15 is 0 Å². The molecule has 1 N–H and O–H groups in total. The molecule has 0 spiro atoms. The van der Waals surface area contributed by atoms with Gasteiger partial charge in [0.05, 0.1) is 10.5 Å². The summed E-state index contributed by atoms with van der Waals surface area (Å²) in [6.45, 7) is 3.91. The van der Waals surface area contributed by atoms with Crippen molar-refractivity contribution in [1.82, 2.24) is 5.32 Å². The Balaban J connectivity index is 2.70. The van der Waals surface area contributed by atoms with Gasteiger partial charge in [-0.1, -0.05) is 6.92 Å². The summed E-state index contributed by atoms with van der Waals surface area (Å²) in [4.78, 5) is 23.5. The Labute approximate surface area is 124 Å². The van der Waals surface area contributed by atoms with Crippen LogP contribution in [0.15, 0.2) is 29.2 Å². The lowest BCUT2D eigenvalue weighted by Gasteiger charge is -2.13. The average Bonchev–Trinajstić information content (AvgIpc) is 2.43. The van der Waals surface area contributed by atoms with Crippen LogP contribution in [0.5, 0.6) is 0 Å². The van der Waals surface area contributed by atoms with Crippen LogP contribution in [0, 0.1) is 0 Å². The number of hydrogen-bond acceptors (Lipinski definition) is 5. The van der Waals surface area contributed by atoms with Crippen molar-refractivity contribution in [3.63, 3.8) is 0 Å². The minimum absolute atomic E-state index is 0.118. The number of ether oxygens (including phenoxy) is 1. The Hall–Kier alpha value is -1.89. The van der Waals surface area contributed by atoms with Gasteiger partial charge in [0.1, 0.15) is 0 Å². The second-order valence-corrected chi connectivity index (χ2v) is 6.65. The van der Waals surface area contributed by atoms with Gasteiger partial charge in [0.25, 0.3) is 5.91 Å². The molecule has 1 aromatic rings. The molecule has 0 saturated heterocycles. The SMILES string of the molecule is CCCNC(=O)[C@H](C)OC(=O)c1ccc(S(C)(=O)=O)cc1. The number of amides is 1. The fraction of sp³-hybridized carbons (Fsp3) is 0.429.